The Balaban J connectivity index is 2.04. The van der Waals surface area contributed by atoms with Crippen molar-refractivity contribution in [2.24, 2.45) is 0 Å². The lowest BCUT2D eigenvalue weighted by Crippen LogP contribution is -2.32. The summed E-state index contributed by atoms with van der Waals surface area (Å²) in [6, 6.07) is 11.0. The molecule has 1 aliphatic rings. The minimum Gasteiger partial charge on any atom is -0.310 e. The number of hydrogen-bond acceptors (Lipinski definition) is 2. The lowest BCUT2D eigenvalue weighted by atomic mass is 9.97. The first-order valence-corrected chi connectivity index (χ1v) is 5.65. The molecule has 16 heavy (non-hydrogen) atoms. The zero-order chi connectivity index (χ0) is 11.0. The fourth-order valence-electron chi connectivity index (χ4n) is 2.32. The molecule has 1 atom stereocenters. The van der Waals surface area contributed by atoms with Gasteiger partial charge < -0.3 is 5.32 Å². The van der Waals surface area contributed by atoms with Crippen molar-refractivity contribution in [1.29, 1.82) is 0 Å². The largest absolute Gasteiger partial charge is 0.310 e. The molecule has 1 aromatic carbocycles. The summed E-state index contributed by atoms with van der Waals surface area (Å²) >= 11 is 0. The third-order valence-electron chi connectivity index (χ3n) is 3.13. The van der Waals surface area contributed by atoms with Gasteiger partial charge in [-0.05, 0) is 24.1 Å². The molecule has 1 aromatic heterocycles. The Kier molecular flexibility index (Phi) is 2.26. The third kappa shape index (κ3) is 1.53. The summed E-state index contributed by atoms with van der Waals surface area (Å²) in [6.45, 7) is 3.95. The second kappa shape index (κ2) is 3.76. The van der Waals surface area contributed by atoms with E-state index in [1.165, 1.54) is 11.1 Å². The first-order valence-electron chi connectivity index (χ1n) is 5.65. The molecular weight excluding hydrogens is 198 g/mol. The van der Waals surface area contributed by atoms with E-state index in [1.54, 1.807) is 0 Å². The number of nitrogens with one attached hydrogen (secondary N) is 1. The summed E-state index contributed by atoms with van der Waals surface area (Å²) in [6.07, 6.45) is 2.06. The molecule has 0 bridgehead atoms. The monoisotopic (exact) mass is 213 g/mol. The van der Waals surface area contributed by atoms with Gasteiger partial charge in [0.1, 0.15) is 0 Å². The minimum atomic E-state index is 0.332. The predicted molar refractivity (Wildman–Crippen MR) is 63.3 cm³/mol. The van der Waals surface area contributed by atoms with Crippen molar-refractivity contribution < 1.29 is 0 Å². The van der Waals surface area contributed by atoms with Crippen molar-refractivity contribution in [3.8, 4) is 0 Å². The van der Waals surface area contributed by atoms with Crippen LogP contribution in [-0.2, 0) is 6.54 Å². The molecule has 0 spiro atoms. The molecule has 0 fully saturated rings. The summed E-state index contributed by atoms with van der Waals surface area (Å²) < 4.78 is 2.06. The second-order valence-electron chi connectivity index (χ2n) is 4.28. The van der Waals surface area contributed by atoms with Crippen LogP contribution in [0, 0.1) is 6.92 Å². The van der Waals surface area contributed by atoms with Gasteiger partial charge in [0.15, 0.2) is 0 Å². The average Bonchev–Trinajstić information content (AvgIpc) is 2.75. The van der Waals surface area contributed by atoms with E-state index in [2.05, 4.69) is 51.6 Å². The molecule has 82 valence electrons. The lowest BCUT2D eigenvalue weighted by molar-refractivity contribution is 0.450. The summed E-state index contributed by atoms with van der Waals surface area (Å²) in [4.78, 5) is 0. The zero-order valence-electron chi connectivity index (χ0n) is 9.35. The Morgan fingerprint density at radius 2 is 2.19 bits per heavy atom. The summed E-state index contributed by atoms with van der Waals surface area (Å²) in [5.74, 6) is 0. The predicted octanol–water partition coefficient (Wildman–Crippen LogP) is 1.88. The molecule has 0 aliphatic carbocycles. The topological polar surface area (TPSA) is 29.9 Å². The van der Waals surface area contributed by atoms with Crippen LogP contribution in [0.25, 0.3) is 0 Å². The molecule has 0 saturated carbocycles. The van der Waals surface area contributed by atoms with Gasteiger partial charge in [-0.3, -0.25) is 4.68 Å². The maximum atomic E-state index is 4.51. The van der Waals surface area contributed by atoms with Crippen LogP contribution in [0.4, 0.5) is 0 Å². The van der Waals surface area contributed by atoms with Crippen molar-refractivity contribution in [2.75, 3.05) is 6.54 Å². The number of aromatic nitrogens is 2. The maximum Gasteiger partial charge on any atom is 0.0896 e. The smallest absolute Gasteiger partial charge is 0.0896 e. The molecule has 3 heteroatoms. The van der Waals surface area contributed by atoms with E-state index in [1.807, 2.05) is 6.92 Å². The third-order valence-corrected chi connectivity index (χ3v) is 3.13. The SMILES string of the molecule is Cc1ccn(C2CNCc3ccccc32)n1. The van der Waals surface area contributed by atoms with Crippen LogP contribution in [0.15, 0.2) is 36.5 Å². The fourth-order valence-corrected chi connectivity index (χ4v) is 2.32. The van der Waals surface area contributed by atoms with Gasteiger partial charge in [0, 0.05) is 19.3 Å². The van der Waals surface area contributed by atoms with E-state index in [4.69, 9.17) is 0 Å². The highest BCUT2D eigenvalue weighted by Crippen LogP contribution is 2.24. The van der Waals surface area contributed by atoms with Gasteiger partial charge in [-0.2, -0.15) is 5.10 Å². The van der Waals surface area contributed by atoms with Crippen molar-refractivity contribution in [1.82, 2.24) is 15.1 Å². The second-order valence-corrected chi connectivity index (χ2v) is 4.28. The van der Waals surface area contributed by atoms with Crippen LogP contribution >= 0.6 is 0 Å². The van der Waals surface area contributed by atoms with E-state index in [9.17, 15) is 0 Å². The van der Waals surface area contributed by atoms with Crippen molar-refractivity contribution in [3.63, 3.8) is 0 Å². The van der Waals surface area contributed by atoms with Gasteiger partial charge in [-0.15, -0.1) is 0 Å². The fraction of sp³-hybridized carbons (Fsp3) is 0.308. The molecule has 0 amide bonds. The van der Waals surface area contributed by atoms with Crippen molar-refractivity contribution >= 4 is 0 Å². The molecule has 1 unspecified atom stereocenters. The number of hydrogen-bond donors (Lipinski definition) is 1. The molecule has 3 nitrogen and oxygen atoms in total. The van der Waals surface area contributed by atoms with Crippen LogP contribution in [0.1, 0.15) is 22.9 Å². The highest BCUT2D eigenvalue weighted by atomic mass is 15.3. The standard InChI is InChI=1S/C13H15N3/c1-10-6-7-16(15-10)13-9-14-8-11-4-2-3-5-12(11)13/h2-7,13-14H,8-9H2,1H3. The highest BCUT2D eigenvalue weighted by molar-refractivity contribution is 5.32. The van der Waals surface area contributed by atoms with Crippen molar-refractivity contribution in [2.45, 2.75) is 19.5 Å². The van der Waals surface area contributed by atoms with Gasteiger partial charge in [0.25, 0.3) is 0 Å². The van der Waals surface area contributed by atoms with E-state index < -0.39 is 0 Å². The molecular formula is C13H15N3. The van der Waals surface area contributed by atoms with E-state index in [0.717, 1.165) is 18.8 Å². The van der Waals surface area contributed by atoms with Gasteiger partial charge in [-0.25, -0.2) is 0 Å². The Hall–Kier alpha value is -1.61. The molecule has 1 aliphatic heterocycles. The molecule has 3 rings (SSSR count). The van der Waals surface area contributed by atoms with E-state index in [-0.39, 0.29) is 0 Å². The van der Waals surface area contributed by atoms with Crippen LogP contribution in [0.3, 0.4) is 0 Å². The van der Waals surface area contributed by atoms with Gasteiger partial charge >= 0.3 is 0 Å². The zero-order valence-corrected chi connectivity index (χ0v) is 9.35. The highest BCUT2D eigenvalue weighted by Gasteiger charge is 2.21. The maximum absolute atomic E-state index is 4.51. The molecule has 2 aromatic rings. The number of aryl methyl sites for hydroxylation is 1. The number of rotatable bonds is 1. The van der Waals surface area contributed by atoms with Gasteiger partial charge in [0.2, 0.25) is 0 Å². The molecule has 1 N–H and O–H groups in total. The van der Waals surface area contributed by atoms with Crippen LogP contribution < -0.4 is 5.32 Å². The molecule has 2 heterocycles. The quantitative estimate of drug-likeness (QED) is 0.784. The van der Waals surface area contributed by atoms with E-state index >= 15 is 0 Å². The van der Waals surface area contributed by atoms with E-state index in [0.29, 0.717) is 6.04 Å². The first kappa shape index (κ1) is 9.60. The number of benzene rings is 1. The Bertz CT molecular complexity index is 501. The average molecular weight is 213 g/mol. The van der Waals surface area contributed by atoms with Crippen LogP contribution in [0.2, 0.25) is 0 Å². The molecule has 0 saturated heterocycles. The van der Waals surface area contributed by atoms with Crippen molar-refractivity contribution in [3.05, 3.63) is 53.3 Å². The Morgan fingerprint density at radius 3 is 3.00 bits per heavy atom. The molecule has 0 radical (unpaired) electrons. The number of fused-ring (bicyclic) bond motifs is 1. The van der Waals surface area contributed by atoms with Crippen LogP contribution in [-0.4, -0.2) is 16.3 Å². The Labute approximate surface area is 95.1 Å². The summed E-state index contributed by atoms with van der Waals surface area (Å²) in [5.41, 5.74) is 3.85. The lowest BCUT2D eigenvalue weighted by Gasteiger charge is -2.26. The summed E-state index contributed by atoms with van der Waals surface area (Å²) in [5, 5.41) is 7.95. The van der Waals surface area contributed by atoms with Gasteiger partial charge in [0.05, 0.1) is 11.7 Å². The minimum absolute atomic E-state index is 0.332. The first-order chi connectivity index (χ1) is 7.84. The van der Waals surface area contributed by atoms with Crippen LogP contribution in [0.5, 0.6) is 0 Å². The Morgan fingerprint density at radius 1 is 1.31 bits per heavy atom. The normalized spacial score (nSPS) is 19.4. The summed E-state index contributed by atoms with van der Waals surface area (Å²) in [7, 11) is 0. The number of nitrogens with zero attached hydrogens (tertiary/aromatic N) is 2. The van der Waals surface area contributed by atoms with Gasteiger partial charge in [-0.1, -0.05) is 24.3 Å².